The van der Waals surface area contributed by atoms with Crippen LogP contribution in [0, 0.1) is 47.5 Å². The molecule has 10 rings (SSSR count). The van der Waals surface area contributed by atoms with Crippen LogP contribution in [0.2, 0.25) is 0 Å². The Kier molecular flexibility index (Phi) is 32.7. The highest BCUT2D eigenvalue weighted by Gasteiger charge is 2.17. The van der Waals surface area contributed by atoms with E-state index in [1.807, 2.05) is 27.7 Å². The fourth-order valence-corrected chi connectivity index (χ4v) is 9.08. The summed E-state index contributed by atoms with van der Waals surface area (Å²) in [6.07, 6.45) is 14.3. The Balaban J connectivity index is 0.000000290. The quantitative estimate of drug-likeness (QED) is 0.135. The minimum atomic E-state index is 0.650. The van der Waals surface area contributed by atoms with Gasteiger partial charge in [0, 0.05) is 0 Å². The second kappa shape index (κ2) is 39.0. The van der Waals surface area contributed by atoms with Crippen molar-refractivity contribution in [2.45, 2.75) is 156 Å². The third kappa shape index (κ3) is 22.1. The van der Waals surface area contributed by atoms with Gasteiger partial charge in [-0.2, -0.15) is 0 Å². The molecular formula is C82H102. The summed E-state index contributed by atoms with van der Waals surface area (Å²) in [6, 6.07) is 76.5. The van der Waals surface area contributed by atoms with Crippen LogP contribution >= 0.6 is 0 Å². The minimum absolute atomic E-state index is 0.650. The molecule has 0 saturated carbocycles. The maximum absolute atomic E-state index is 2.37. The van der Waals surface area contributed by atoms with Crippen LogP contribution in [0.5, 0.6) is 0 Å². The van der Waals surface area contributed by atoms with Crippen LogP contribution in [0.1, 0.15) is 154 Å². The van der Waals surface area contributed by atoms with Crippen molar-refractivity contribution in [2.24, 2.45) is 5.92 Å². The Morgan fingerprint density at radius 1 is 0.305 bits per heavy atom. The molecule has 0 N–H and O–H groups in total. The van der Waals surface area contributed by atoms with Gasteiger partial charge in [0.15, 0.2) is 0 Å². The second-order valence-electron chi connectivity index (χ2n) is 20.8. The second-order valence-corrected chi connectivity index (χ2v) is 20.8. The smallest absolute Gasteiger partial charge is 0.0124 e. The standard InChI is InChI=1S/C25H20.C22H24.C21H20.C4H10.2C3H8.2C2H6/c1-19-12-14-22(15-13-19)25-17-23(20-8-4-2-5-9-20)16-24(18-25)21-10-6-3-7-11-21;1-4-18-7-5-6-8-21(18)22-15-20(14-11-17(22)3)19-12-9-16(2)10-13-19;1-15-8-11-18(12-9-15)19-13-10-17(3)21(14-19)20-7-5-4-6-16(20)2;1-3-4-2;2*1-3-2;2*1-2/h2-18H,1H3;5-6,8-15,18H,4,7H2,1-3H3;4-14H,1-3H3;3-4H2,1-2H3;2*3H2,1-2H3;2*1-2H3. The molecule has 9 aromatic rings. The van der Waals surface area contributed by atoms with Crippen LogP contribution in [0.4, 0.5) is 0 Å². The van der Waals surface area contributed by atoms with Gasteiger partial charge in [-0.15, -0.1) is 0 Å². The zero-order chi connectivity index (χ0) is 60.2. The predicted octanol–water partition coefficient (Wildman–Crippen LogP) is 26.0. The van der Waals surface area contributed by atoms with E-state index in [0.29, 0.717) is 5.92 Å². The fourth-order valence-electron chi connectivity index (χ4n) is 9.08. The summed E-state index contributed by atoms with van der Waals surface area (Å²) < 4.78 is 0. The highest BCUT2D eigenvalue weighted by Crippen LogP contribution is 2.37. The lowest BCUT2D eigenvalue weighted by Crippen LogP contribution is -2.05. The van der Waals surface area contributed by atoms with Crippen molar-refractivity contribution in [3.05, 3.63) is 269 Å². The van der Waals surface area contributed by atoms with Gasteiger partial charge in [-0.3, -0.25) is 0 Å². The Labute approximate surface area is 501 Å². The van der Waals surface area contributed by atoms with Crippen LogP contribution < -0.4 is 0 Å². The van der Waals surface area contributed by atoms with Crippen molar-refractivity contribution in [1.82, 2.24) is 0 Å². The van der Waals surface area contributed by atoms with Crippen molar-refractivity contribution in [1.29, 1.82) is 0 Å². The molecule has 0 aromatic heterocycles. The fraction of sp³-hybridized carbons (Fsp3) is 0.293. The number of unbranched alkanes of at least 4 members (excludes halogenated alkanes) is 1. The highest BCUT2D eigenvalue weighted by molar-refractivity contribution is 5.82. The highest BCUT2D eigenvalue weighted by atomic mass is 14.2. The van der Waals surface area contributed by atoms with E-state index < -0.39 is 0 Å². The zero-order valence-corrected chi connectivity index (χ0v) is 53.8. The van der Waals surface area contributed by atoms with E-state index in [0.717, 1.165) is 6.42 Å². The third-order valence-corrected chi connectivity index (χ3v) is 13.8. The van der Waals surface area contributed by atoms with Crippen molar-refractivity contribution in [3.8, 4) is 66.8 Å². The van der Waals surface area contributed by atoms with Crippen LogP contribution in [-0.2, 0) is 0 Å². The van der Waals surface area contributed by atoms with Gasteiger partial charge in [-0.05, 0) is 185 Å². The van der Waals surface area contributed by atoms with Crippen LogP contribution in [0.25, 0.3) is 72.3 Å². The third-order valence-electron chi connectivity index (χ3n) is 13.8. The van der Waals surface area contributed by atoms with Crippen LogP contribution in [0.3, 0.4) is 0 Å². The molecule has 0 spiro atoms. The van der Waals surface area contributed by atoms with Crippen molar-refractivity contribution >= 4 is 5.57 Å². The first-order chi connectivity index (χ1) is 39.9. The number of allylic oxidation sites excluding steroid dienone is 4. The van der Waals surface area contributed by atoms with Gasteiger partial charge in [0.1, 0.15) is 0 Å². The molecule has 0 radical (unpaired) electrons. The Morgan fingerprint density at radius 2 is 0.622 bits per heavy atom. The molecule has 0 nitrogen and oxygen atoms in total. The summed E-state index contributed by atoms with van der Waals surface area (Å²) in [7, 11) is 0. The maximum Gasteiger partial charge on any atom is -0.0124 e. The van der Waals surface area contributed by atoms with Gasteiger partial charge >= 0.3 is 0 Å². The van der Waals surface area contributed by atoms with Gasteiger partial charge < -0.3 is 0 Å². The Bertz CT molecular complexity index is 3140. The van der Waals surface area contributed by atoms with E-state index in [1.54, 1.807) is 0 Å². The summed E-state index contributed by atoms with van der Waals surface area (Å²) >= 11 is 0. The average molecular weight is 1090 g/mol. The molecule has 1 unspecified atom stereocenters. The molecule has 0 fully saturated rings. The number of rotatable bonds is 9. The predicted molar refractivity (Wildman–Crippen MR) is 371 cm³/mol. The molecule has 0 saturated heterocycles. The summed E-state index contributed by atoms with van der Waals surface area (Å²) in [5.41, 5.74) is 26.1. The summed E-state index contributed by atoms with van der Waals surface area (Å²) in [5, 5.41) is 0. The Morgan fingerprint density at radius 3 is 1.00 bits per heavy atom. The molecule has 82 heavy (non-hydrogen) atoms. The number of benzene rings is 9. The van der Waals surface area contributed by atoms with Crippen molar-refractivity contribution in [3.63, 3.8) is 0 Å². The summed E-state index contributed by atoms with van der Waals surface area (Å²) in [6.45, 7) is 36.1. The average Bonchev–Trinajstić information content (AvgIpc) is 3.71. The van der Waals surface area contributed by atoms with Gasteiger partial charge in [0.25, 0.3) is 0 Å². The molecule has 0 heteroatoms. The molecule has 0 heterocycles. The molecule has 0 amide bonds. The molecule has 1 aliphatic rings. The van der Waals surface area contributed by atoms with Gasteiger partial charge in [0.2, 0.25) is 0 Å². The van der Waals surface area contributed by atoms with E-state index in [-0.39, 0.29) is 0 Å². The van der Waals surface area contributed by atoms with E-state index in [9.17, 15) is 0 Å². The first-order valence-corrected chi connectivity index (χ1v) is 31.0. The lowest BCUT2D eigenvalue weighted by molar-refractivity contribution is 0.651. The van der Waals surface area contributed by atoms with E-state index in [2.05, 4.69) is 321 Å². The largest absolute Gasteiger partial charge is 0.0839 e. The van der Waals surface area contributed by atoms with Gasteiger partial charge in [-0.1, -0.05) is 319 Å². The lowest BCUT2D eigenvalue weighted by atomic mass is 9.82. The van der Waals surface area contributed by atoms with E-state index in [4.69, 9.17) is 0 Å². The number of hydrogen-bond acceptors (Lipinski definition) is 0. The molecule has 1 aliphatic carbocycles. The topological polar surface area (TPSA) is 0 Å². The molecule has 9 aromatic carbocycles. The normalized spacial score (nSPS) is 11.6. The van der Waals surface area contributed by atoms with Gasteiger partial charge in [0.05, 0.1) is 0 Å². The molecular weight excluding hydrogens is 985 g/mol. The molecule has 0 aliphatic heterocycles. The monoisotopic (exact) mass is 1090 g/mol. The first kappa shape index (κ1) is 68.7. The summed E-state index contributed by atoms with van der Waals surface area (Å²) in [4.78, 5) is 0. The Hall–Kier alpha value is -7.54. The van der Waals surface area contributed by atoms with Crippen LogP contribution in [-0.4, -0.2) is 0 Å². The zero-order valence-electron chi connectivity index (χ0n) is 53.8. The van der Waals surface area contributed by atoms with Crippen molar-refractivity contribution in [2.75, 3.05) is 0 Å². The van der Waals surface area contributed by atoms with E-state index >= 15 is 0 Å². The maximum atomic E-state index is 2.37. The molecule has 0 bridgehead atoms. The molecule has 430 valence electrons. The molecule has 1 atom stereocenters. The van der Waals surface area contributed by atoms with E-state index in [1.165, 1.54) is 143 Å². The minimum Gasteiger partial charge on any atom is -0.0839 e. The SMILES string of the molecule is CC.CC.CCC.CCC.CCC1CC=CC=C1c1cc(-c2ccc(C)cc2)ccc1C.CCCC.Cc1ccc(-c2cc(-c3ccccc3)cc(-c3ccccc3)c2)cc1.Cc1ccc(-c2ccc(C)c(-c3ccccc3C)c2)cc1. The van der Waals surface area contributed by atoms with Crippen molar-refractivity contribution < 1.29 is 0 Å². The summed E-state index contributed by atoms with van der Waals surface area (Å²) in [5.74, 6) is 0.650. The lowest BCUT2D eigenvalue weighted by Gasteiger charge is -2.22. The number of aryl methyl sites for hydroxylation is 6. The first-order valence-electron chi connectivity index (χ1n) is 31.0. The number of hydrogen-bond donors (Lipinski definition) is 0. The van der Waals surface area contributed by atoms with Crippen LogP contribution in [0.15, 0.2) is 231 Å². The van der Waals surface area contributed by atoms with Gasteiger partial charge in [-0.25, -0.2) is 0 Å².